The maximum absolute atomic E-state index is 13.6. The first-order chi connectivity index (χ1) is 8.70. The van der Waals surface area contributed by atoms with Gasteiger partial charge in [0, 0.05) is 6.54 Å². The van der Waals surface area contributed by atoms with Gasteiger partial charge in [-0.2, -0.15) is 0 Å². The van der Waals surface area contributed by atoms with Crippen molar-refractivity contribution in [3.05, 3.63) is 35.1 Å². The van der Waals surface area contributed by atoms with Crippen LogP contribution >= 0.6 is 0 Å². The number of esters is 1. The van der Waals surface area contributed by atoms with Gasteiger partial charge in [0.1, 0.15) is 5.82 Å². The van der Waals surface area contributed by atoms with Crippen molar-refractivity contribution in [1.29, 1.82) is 0 Å². The molecule has 0 aromatic heterocycles. The summed E-state index contributed by atoms with van der Waals surface area (Å²) < 4.78 is 18.1. The van der Waals surface area contributed by atoms with Crippen molar-refractivity contribution in [3.8, 4) is 0 Å². The quantitative estimate of drug-likeness (QED) is 0.817. The molecular weight excluding hydrogens is 233 g/mol. The van der Waals surface area contributed by atoms with Gasteiger partial charge in [-0.25, -0.2) is 9.18 Å². The van der Waals surface area contributed by atoms with Gasteiger partial charge in [0.15, 0.2) is 0 Å². The number of nitrogens with one attached hydrogen (secondary N) is 1. The third-order valence-electron chi connectivity index (χ3n) is 3.43. The van der Waals surface area contributed by atoms with E-state index in [2.05, 4.69) is 10.1 Å². The molecule has 18 heavy (non-hydrogen) atoms. The number of ether oxygens (including phenoxy) is 1. The van der Waals surface area contributed by atoms with E-state index in [-0.39, 0.29) is 5.56 Å². The van der Waals surface area contributed by atoms with Crippen LogP contribution in [-0.4, -0.2) is 19.6 Å². The maximum Gasteiger partial charge on any atom is 0.340 e. The van der Waals surface area contributed by atoms with Gasteiger partial charge in [-0.05, 0) is 43.0 Å². The summed E-state index contributed by atoms with van der Waals surface area (Å²) in [5.41, 5.74) is 0.833. The van der Waals surface area contributed by atoms with Crippen LogP contribution < -0.4 is 5.32 Å². The summed E-state index contributed by atoms with van der Waals surface area (Å²) in [5, 5.41) is 3.31. The molecule has 0 spiro atoms. The van der Waals surface area contributed by atoms with E-state index < -0.39 is 11.8 Å². The number of benzene rings is 1. The highest BCUT2D eigenvalue weighted by Gasteiger charge is 2.16. The standard InChI is InChI=1S/C14H18FNO2/c1-18-14(17)12-6-5-11(7-13(12)15)9-16-8-10-3-2-4-10/h5-7,10,16H,2-4,8-9H2,1H3. The Bertz CT molecular complexity index is 430. The van der Waals surface area contributed by atoms with Crippen molar-refractivity contribution in [1.82, 2.24) is 5.32 Å². The Morgan fingerprint density at radius 2 is 2.28 bits per heavy atom. The monoisotopic (exact) mass is 251 g/mol. The van der Waals surface area contributed by atoms with Crippen LogP contribution in [0.5, 0.6) is 0 Å². The number of methoxy groups -OCH3 is 1. The summed E-state index contributed by atoms with van der Waals surface area (Å²) >= 11 is 0. The van der Waals surface area contributed by atoms with E-state index in [0.717, 1.165) is 18.0 Å². The second-order valence-corrected chi connectivity index (χ2v) is 4.73. The number of carbonyl (C=O) groups is 1. The van der Waals surface area contributed by atoms with Crippen LogP contribution in [0.3, 0.4) is 0 Å². The number of hydrogen-bond acceptors (Lipinski definition) is 3. The molecule has 0 atom stereocenters. The van der Waals surface area contributed by atoms with E-state index in [1.54, 1.807) is 6.07 Å². The van der Waals surface area contributed by atoms with Crippen molar-refractivity contribution in [2.45, 2.75) is 25.8 Å². The van der Waals surface area contributed by atoms with Crippen LogP contribution in [0, 0.1) is 11.7 Å². The largest absolute Gasteiger partial charge is 0.465 e. The minimum Gasteiger partial charge on any atom is -0.465 e. The van der Waals surface area contributed by atoms with Crippen molar-refractivity contribution >= 4 is 5.97 Å². The Hall–Kier alpha value is -1.42. The van der Waals surface area contributed by atoms with Crippen LogP contribution in [0.4, 0.5) is 4.39 Å². The average Bonchev–Trinajstić information content (AvgIpc) is 2.31. The Morgan fingerprint density at radius 1 is 1.50 bits per heavy atom. The van der Waals surface area contributed by atoms with Gasteiger partial charge in [-0.3, -0.25) is 0 Å². The summed E-state index contributed by atoms with van der Waals surface area (Å²) in [6.45, 7) is 1.62. The fourth-order valence-corrected chi connectivity index (χ4v) is 2.06. The summed E-state index contributed by atoms with van der Waals surface area (Å²) in [6, 6.07) is 4.62. The van der Waals surface area contributed by atoms with Crippen LogP contribution in [0.1, 0.15) is 35.2 Å². The van der Waals surface area contributed by atoms with E-state index in [0.29, 0.717) is 6.54 Å². The molecule has 0 radical (unpaired) electrons. The highest BCUT2D eigenvalue weighted by Crippen LogP contribution is 2.25. The lowest BCUT2D eigenvalue weighted by Gasteiger charge is -2.25. The molecule has 1 fully saturated rings. The molecule has 1 aliphatic rings. The smallest absolute Gasteiger partial charge is 0.340 e. The van der Waals surface area contributed by atoms with E-state index in [4.69, 9.17) is 0 Å². The number of hydrogen-bond donors (Lipinski definition) is 1. The second-order valence-electron chi connectivity index (χ2n) is 4.73. The number of carbonyl (C=O) groups excluding carboxylic acids is 1. The molecule has 1 saturated carbocycles. The predicted octanol–water partition coefficient (Wildman–Crippen LogP) is 2.50. The first-order valence-corrected chi connectivity index (χ1v) is 6.28. The third kappa shape index (κ3) is 3.07. The Balaban J connectivity index is 1.89. The van der Waals surface area contributed by atoms with Gasteiger partial charge in [-0.15, -0.1) is 0 Å². The van der Waals surface area contributed by atoms with Gasteiger partial charge in [0.2, 0.25) is 0 Å². The average molecular weight is 251 g/mol. The summed E-state index contributed by atoms with van der Waals surface area (Å²) in [5.74, 6) is -0.379. The highest BCUT2D eigenvalue weighted by atomic mass is 19.1. The number of rotatable bonds is 5. The molecule has 4 heteroatoms. The van der Waals surface area contributed by atoms with Gasteiger partial charge >= 0.3 is 5.97 Å². The molecule has 2 rings (SSSR count). The summed E-state index contributed by atoms with van der Waals surface area (Å²) in [7, 11) is 1.25. The molecule has 0 heterocycles. The predicted molar refractivity (Wildman–Crippen MR) is 66.8 cm³/mol. The Morgan fingerprint density at radius 3 is 2.83 bits per heavy atom. The van der Waals surface area contributed by atoms with E-state index in [9.17, 15) is 9.18 Å². The van der Waals surface area contributed by atoms with Crippen LogP contribution in [0.25, 0.3) is 0 Å². The van der Waals surface area contributed by atoms with E-state index in [1.165, 1.54) is 38.5 Å². The zero-order chi connectivity index (χ0) is 13.0. The van der Waals surface area contributed by atoms with E-state index in [1.807, 2.05) is 0 Å². The van der Waals surface area contributed by atoms with Gasteiger partial charge in [-0.1, -0.05) is 12.5 Å². The molecule has 1 aromatic carbocycles. The van der Waals surface area contributed by atoms with Gasteiger partial charge in [0.05, 0.1) is 12.7 Å². The fraction of sp³-hybridized carbons (Fsp3) is 0.500. The molecule has 0 amide bonds. The minimum absolute atomic E-state index is 0.0137. The highest BCUT2D eigenvalue weighted by molar-refractivity contribution is 5.89. The fourth-order valence-electron chi connectivity index (χ4n) is 2.06. The van der Waals surface area contributed by atoms with Crippen molar-refractivity contribution in [3.63, 3.8) is 0 Å². The summed E-state index contributed by atoms with van der Waals surface area (Å²) in [4.78, 5) is 11.2. The molecular formula is C14H18FNO2. The zero-order valence-electron chi connectivity index (χ0n) is 10.5. The maximum atomic E-state index is 13.6. The van der Waals surface area contributed by atoms with Crippen molar-refractivity contribution in [2.75, 3.05) is 13.7 Å². The molecule has 1 N–H and O–H groups in total. The topological polar surface area (TPSA) is 38.3 Å². The molecule has 98 valence electrons. The van der Waals surface area contributed by atoms with Crippen molar-refractivity contribution in [2.24, 2.45) is 5.92 Å². The normalized spacial score (nSPS) is 15.2. The van der Waals surface area contributed by atoms with Crippen LogP contribution in [-0.2, 0) is 11.3 Å². The molecule has 0 saturated heterocycles. The Labute approximate surface area is 106 Å². The molecule has 0 aliphatic heterocycles. The molecule has 3 nitrogen and oxygen atoms in total. The SMILES string of the molecule is COC(=O)c1ccc(CNCC2CCC2)cc1F. The lowest BCUT2D eigenvalue weighted by atomic mass is 9.85. The van der Waals surface area contributed by atoms with Crippen LogP contribution in [0.15, 0.2) is 18.2 Å². The molecule has 0 bridgehead atoms. The van der Waals surface area contributed by atoms with Gasteiger partial charge in [0.25, 0.3) is 0 Å². The summed E-state index contributed by atoms with van der Waals surface area (Å²) in [6.07, 6.45) is 3.92. The first kappa shape index (κ1) is 13.0. The van der Waals surface area contributed by atoms with Gasteiger partial charge < -0.3 is 10.1 Å². The molecule has 1 aliphatic carbocycles. The Kier molecular flexibility index (Phi) is 4.31. The third-order valence-corrected chi connectivity index (χ3v) is 3.43. The minimum atomic E-state index is -0.638. The number of halogens is 1. The van der Waals surface area contributed by atoms with Crippen molar-refractivity contribution < 1.29 is 13.9 Å². The zero-order valence-corrected chi connectivity index (χ0v) is 10.5. The molecule has 0 unspecified atom stereocenters. The molecule has 1 aromatic rings. The first-order valence-electron chi connectivity index (χ1n) is 6.28. The lowest BCUT2D eigenvalue weighted by Crippen LogP contribution is -2.26. The lowest BCUT2D eigenvalue weighted by molar-refractivity contribution is 0.0595. The van der Waals surface area contributed by atoms with Crippen LogP contribution in [0.2, 0.25) is 0 Å². The second kappa shape index (κ2) is 5.96. The van der Waals surface area contributed by atoms with E-state index >= 15 is 0 Å².